The van der Waals surface area contributed by atoms with Crippen molar-refractivity contribution in [1.29, 1.82) is 0 Å². The van der Waals surface area contributed by atoms with Crippen LogP contribution in [-0.4, -0.2) is 23.5 Å². The number of fused-ring (bicyclic) bond motifs is 6. The number of nitrogens with one attached hydrogen (secondary N) is 1. The van der Waals surface area contributed by atoms with E-state index in [2.05, 4.69) is 22.0 Å². The van der Waals surface area contributed by atoms with E-state index < -0.39 is 11.7 Å². The molecule has 5 aromatic rings. The van der Waals surface area contributed by atoms with Gasteiger partial charge in [-0.3, -0.25) is 4.90 Å². The Morgan fingerprint density at radius 1 is 0.929 bits per heavy atom. The van der Waals surface area contributed by atoms with Gasteiger partial charge in [-0.1, -0.05) is 42.5 Å². The summed E-state index contributed by atoms with van der Waals surface area (Å²) in [5, 5.41) is 1.18. The summed E-state index contributed by atoms with van der Waals surface area (Å²) in [5.41, 5.74) is 6.72. The van der Waals surface area contributed by atoms with Gasteiger partial charge in [0, 0.05) is 29.2 Å². The number of hydrogen-bond acceptors (Lipinski definition) is 3. The number of H-pyrrole nitrogens is 1. The molecule has 2 unspecified atom stereocenters. The number of hydrogen-bond donors (Lipinski definition) is 1. The molecule has 7 rings (SSSR count). The SMILES string of the molecule is COc1cc2c(cc1OCc1ccc(C(F)(F)F)cc1)C1Cc3c([nH]c4ccccc34)C(c3ccc(F)cc3)N1CC2. The van der Waals surface area contributed by atoms with Crippen molar-refractivity contribution in [2.75, 3.05) is 13.7 Å². The maximum atomic E-state index is 13.9. The molecule has 2 aliphatic rings. The van der Waals surface area contributed by atoms with Crippen molar-refractivity contribution in [3.63, 3.8) is 0 Å². The van der Waals surface area contributed by atoms with E-state index in [4.69, 9.17) is 9.47 Å². The Morgan fingerprint density at radius 2 is 1.69 bits per heavy atom. The first-order chi connectivity index (χ1) is 20.3. The first-order valence-electron chi connectivity index (χ1n) is 13.9. The topological polar surface area (TPSA) is 37.5 Å². The molecule has 0 saturated heterocycles. The lowest BCUT2D eigenvalue weighted by atomic mass is 9.80. The van der Waals surface area contributed by atoms with Gasteiger partial charge in [0.15, 0.2) is 11.5 Å². The van der Waals surface area contributed by atoms with Crippen LogP contribution in [-0.2, 0) is 25.6 Å². The van der Waals surface area contributed by atoms with Gasteiger partial charge in [0.1, 0.15) is 12.4 Å². The second kappa shape index (κ2) is 10.2. The van der Waals surface area contributed by atoms with Crippen LogP contribution < -0.4 is 9.47 Å². The van der Waals surface area contributed by atoms with Gasteiger partial charge in [0.2, 0.25) is 0 Å². The zero-order valence-corrected chi connectivity index (χ0v) is 22.8. The highest BCUT2D eigenvalue weighted by Gasteiger charge is 2.41. The van der Waals surface area contributed by atoms with E-state index in [1.807, 2.05) is 36.4 Å². The van der Waals surface area contributed by atoms with E-state index in [1.165, 1.54) is 40.8 Å². The Labute approximate surface area is 240 Å². The van der Waals surface area contributed by atoms with Crippen LogP contribution in [0.25, 0.3) is 10.9 Å². The molecule has 0 fully saturated rings. The third kappa shape index (κ3) is 4.60. The van der Waals surface area contributed by atoms with Crippen LogP contribution in [0.1, 0.15) is 51.2 Å². The first-order valence-corrected chi connectivity index (χ1v) is 13.9. The van der Waals surface area contributed by atoms with E-state index in [1.54, 1.807) is 7.11 Å². The zero-order valence-electron chi connectivity index (χ0n) is 22.8. The molecule has 0 aliphatic carbocycles. The fourth-order valence-corrected chi connectivity index (χ4v) is 6.52. The minimum absolute atomic E-state index is 0.0369. The van der Waals surface area contributed by atoms with Crippen molar-refractivity contribution >= 4 is 10.9 Å². The van der Waals surface area contributed by atoms with E-state index in [0.717, 1.165) is 53.9 Å². The number of methoxy groups -OCH3 is 1. The largest absolute Gasteiger partial charge is 0.493 e. The fourth-order valence-electron chi connectivity index (χ4n) is 6.52. The molecule has 3 heterocycles. The van der Waals surface area contributed by atoms with Crippen LogP contribution in [0.15, 0.2) is 84.9 Å². The summed E-state index contributed by atoms with van der Waals surface area (Å²) in [6, 6.07) is 24.0. The summed E-state index contributed by atoms with van der Waals surface area (Å²) < 4.78 is 64.8. The second-order valence-corrected chi connectivity index (χ2v) is 10.9. The number of para-hydroxylation sites is 1. The minimum atomic E-state index is -4.39. The summed E-state index contributed by atoms with van der Waals surface area (Å²) in [4.78, 5) is 6.14. The Balaban J connectivity index is 1.27. The van der Waals surface area contributed by atoms with Crippen LogP contribution in [0.4, 0.5) is 17.6 Å². The van der Waals surface area contributed by atoms with E-state index >= 15 is 0 Å². The Bertz CT molecular complexity index is 1760. The van der Waals surface area contributed by atoms with Crippen LogP contribution in [0, 0.1) is 5.82 Å². The lowest BCUT2D eigenvalue weighted by Crippen LogP contribution is -2.43. The monoisotopic (exact) mass is 572 g/mol. The standard InChI is InChI=1S/C34H28F4N2O2/c1-41-30-16-22-14-15-40-29(26(22)18-31(30)42-19-20-6-10-23(11-7-20)34(36,37)38)17-27-25-4-2-3-5-28(25)39-32(27)33(40)21-8-12-24(35)13-9-21/h2-13,16,18,29,33,39H,14-15,17,19H2,1H3. The van der Waals surface area contributed by atoms with Gasteiger partial charge >= 0.3 is 6.18 Å². The van der Waals surface area contributed by atoms with Crippen molar-refractivity contribution in [3.8, 4) is 11.5 Å². The van der Waals surface area contributed by atoms with E-state index in [9.17, 15) is 17.6 Å². The van der Waals surface area contributed by atoms with E-state index in [-0.39, 0.29) is 24.5 Å². The van der Waals surface area contributed by atoms with Gasteiger partial charge in [-0.2, -0.15) is 13.2 Å². The number of nitrogens with zero attached hydrogens (tertiary/aromatic N) is 1. The normalized spacial score (nSPS) is 18.3. The molecule has 4 aromatic carbocycles. The molecule has 0 bridgehead atoms. The predicted molar refractivity (Wildman–Crippen MR) is 152 cm³/mol. The molecule has 8 heteroatoms. The van der Waals surface area contributed by atoms with Gasteiger partial charge in [-0.25, -0.2) is 4.39 Å². The quantitative estimate of drug-likeness (QED) is 0.216. The molecule has 42 heavy (non-hydrogen) atoms. The molecule has 2 atom stereocenters. The van der Waals surface area contributed by atoms with Crippen molar-refractivity contribution in [2.24, 2.45) is 0 Å². The maximum Gasteiger partial charge on any atom is 0.416 e. The van der Waals surface area contributed by atoms with Gasteiger partial charge in [-0.05, 0) is 83.1 Å². The molecule has 4 nitrogen and oxygen atoms in total. The average molecular weight is 573 g/mol. The molecule has 1 N–H and O–H groups in total. The molecule has 2 aliphatic heterocycles. The summed E-state index contributed by atoms with van der Waals surface area (Å²) in [6.45, 7) is 0.913. The number of ether oxygens (including phenoxy) is 2. The van der Waals surface area contributed by atoms with Gasteiger partial charge in [0.25, 0.3) is 0 Å². The number of halogens is 4. The highest BCUT2D eigenvalue weighted by molar-refractivity contribution is 5.85. The predicted octanol–water partition coefficient (Wildman–Crippen LogP) is 8.16. The maximum absolute atomic E-state index is 13.9. The highest BCUT2D eigenvalue weighted by atomic mass is 19.4. The Morgan fingerprint density at radius 3 is 2.43 bits per heavy atom. The van der Waals surface area contributed by atoms with Crippen LogP contribution >= 0.6 is 0 Å². The van der Waals surface area contributed by atoms with Gasteiger partial charge in [-0.15, -0.1) is 0 Å². The van der Waals surface area contributed by atoms with Crippen molar-refractivity contribution in [1.82, 2.24) is 9.88 Å². The Hall–Kier alpha value is -4.30. The summed E-state index contributed by atoms with van der Waals surface area (Å²) in [6.07, 6.45) is -2.80. The van der Waals surface area contributed by atoms with Crippen LogP contribution in [0.2, 0.25) is 0 Å². The van der Waals surface area contributed by atoms with Gasteiger partial charge < -0.3 is 14.5 Å². The highest BCUT2D eigenvalue weighted by Crippen LogP contribution is 2.49. The molecular weight excluding hydrogens is 544 g/mol. The summed E-state index contributed by atoms with van der Waals surface area (Å²) >= 11 is 0. The molecule has 0 radical (unpaired) electrons. The number of aromatic nitrogens is 1. The van der Waals surface area contributed by atoms with Crippen molar-refractivity contribution in [3.05, 3.63) is 130 Å². The van der Waals surface area contributed by atoms with Crippen molar-refractivity contribution < 1.29 is 27.0 Å². The summed E-state index contributed by atoms with van der Waals surface area (Å²) in [7, 11) is 1.59. The average Bonchev–Trinajstić information content (AvgIpc) is 3.37. The molecule has 0 spiro atoms. The molecule has 0 amide bonds. The zero-order chi connectivity index (χ0) is 29.0. The number of aromatic amines is 1. The number of alkyl halides is 3. The number of rotatable bonds is 5. The molecular formula is C34H28F4N2O2. The van der Waals surface area contributed by atoms with E-state index in [0.29, 0.717) is 17.1 Å². The van der Waals surface area contributed by atoms with Crippen molar-refractivity contribution in [2.45, 2.75) is 37.7 Å². The third-order valence-electron chi connectivity index (χ3n) is 8.53. The number of benzene rings is 4. The molecule has 1 aromatic heterocycles. The molecule has 214 valence electrons. The lowest BCUT2D eigenvalue weighted by Gasteiger charge is -2.46. The Kier molecular flexibility index (Phi) is 6.46. The van der Waals surface area contributed by atoms with Crippen LogP contribution in [0.3, 0.4) is 0 Å². The second-order valence-electron chi connectivity index (χ2n) is 10.9. The molecule has 0 saturated carbocycles. The lowest BCUT2D eigenvalue weighted by molar-refractivity contribution is -0.137. The fraction of sp³-hybridized carbons (Fsp3) is 0.235. The third-order valence-corrected chi connectivity index (χ3v) is 8.53. The smallest absolute Gasteiger partial charge is 0.416 e. The van der Waals surface area contributed by atoms with Gasteiger partial charge in [0.05, 0.1) is 18.7 Å². The minimum Gasteiger partial charge on any atom is -0.493 e. The summed E-state index contributed by atoms with van der Waals surface area (Å²) in [5.74, 6) is 0.864. The first kappa shape index (κ1) is 26.6. The van der Waals surface area contributed by atoms with Crippen LogP contribution in [0.5, 0.6) is 11.5 Å².